The molecule has 1 aromatic rings. The molecule has 0 amide bonds. The minimum atomic E-state index is -0.736. The van der Waals surface area contributed by atoms with Crippen LogP contribution in [0.3, 0.4) is 0 Å². The quantitative estimate of drug-likeness (QED) is 0.314. The maximum atomic E-state index is 11.7. The molecule has 0 saturated carbocycles. The van der Waals surface area contributed by atoms with Crippen LogP contribution in [0.1, 0.15) is 45.1 Å². The van der Waals surface area contributed by atoms with Crippen LogP contribution in [0.2, 0.25) is 0 Å². The predicted molar refractivity (Wildman–Crippen MR) is 83.9 cm³/mol. The molecule has 1 rings (SSSR count). The Hall–Kier alpha value is -1.97. The number of allylic oxidation sites excluding steroid dienone is 2. The summed E-state index contributed by atoms with van der Waals surface area (Å²) in [5.74, 6) is -0.406. The molecule has 0 radical (unpaired) electrons. The van der Waals surface area contributed by atoms with E-state index in [1.807, 2.05) is 51.1 Å². The zero-order valence-electron chi connectivity index (χ0n) is 12.9. The fourth-order valence-electron chi connectivity index (χ4n) is 2.52. The number of hydrogen-bond donors (Lipinski definition) is 0. The minimum absolute atomic E-state index is 0.228. The summed E-state index contributed by atoms with van der Waals surface area (Å²) in [6.45, 7) is 5.60. The Balaban J connectivity index is 3.05. The molecule has 0 unspecified atom stereocenters. The summed E-state index contributed by atoms with van der Waals surface area (Å²) >= 11 is 0. The van der Waals surface area contributed by atoms with Crippen molar-refractivity contribution in [2.45, 2.75) is 39.5 Å². The average molecular weight is 289 g/mol. The first-order valence-electron chi connectivity index (χ1n) is 7.15. The molecule has 0 fully saturated rings. The number of benzene rings is 1. The van der Waals surface area contributed by atoms with E-state index in [4.69, 9.17) is 0 Å². The van der Waals surface area contributed by atoms with Crippen LogP contribution in [0.4, 0.5) is 0 Å². The van der Waals surface area contributed by atoms with Gasteiger partial charge in [-0.3, -0.25) is 10.1 Å². The van der Waals surface area contributed by atoms with E-state index in [1.165, 1.54) is 5.57 Å². The minimum Gasteiger partial charge on any atom is -0.303 e. The zero-order chi connectivity index (χ0) is 15.9. The highest BCUT2D eigenvalue weighted by Crippen LogP contribution is 2.38. The van der Waals surface area contributed by atoms with Crippen LogP contribution in [0.5, 0.6) is 0 Å². The van der Waals surface area contributed by atoms with Crippen molar-refractivity contribution in [1.29, 1.82) is 0 Å². The Kier molecular flexibility index (Phi) is 6.28. The Morgan fingerprint density at radius 3 is 2.43 bits per heavy atom. The summed E-state index contributed by atoms with van der Waals surface area (Å²) in [5, 5.41) is 11.0. The molecule has 1 aromatic carbocycles. The lowest BCUT2D eigenvalue weighted by molar-refractivity contribution is -0.485. The fourth-order valence-corrected chi connectivity index (χ4v) is 2.52. The van der Waals surface area contributed by atoms with Crippen molar-refractivity contribution in [3.8, 4) is 0 Å². The van der Waals surface area contributed by atoms with Crippen LogP contribution < -0.4 is 0 Å². The topological polar surface area (TPSA) is 60.2 Å². The van der Waals surface area contributed by atoms with E-state index in [0.29, 0.717) is 6.42 Å². The Bertz CT molecular complexity index is 506. The van der Waals surface area contributed by atoms with Crippen molar-refractivity contribution >= 4 is 6.29 Å². The number of nitro groups is 1. The molecule has 0 heterocycles. The highest BCUT2D eigenvalue weighted by atomic mass is 16.6. The zero-order valence-corrected chi connectivity index (χ0v) is 12.9. The molecule has 0 bridgehead atoms. The van der Waals surface area contributed by atoms with Gasteiger partial charge in [-0.05, 0) is 32.3 Å². The van der Waals surface area contributed by atoms with E-state index in [0.717, 1.165) is 18.3 Å². The van der Waals surface area contributed by atoms with Gasteiger partial charge in [-0.1, -0.05) is 48.9 Å². The lowest BCUT2D eigenvalue weighted by Gasteiger charge is -2.30. The van der Waals surface area contributed by atoms with Gasteiger partial charge in [0.15, 0.2) is 0 Å². The molecule has 4 nitrogen and oxygen atoms in total. The second-order valence-corrected chi connectivity index (χ2v) is 5.92. The molecule has 4 heteroatoms. The normalized spacial score (nSPS) is 14.8. The highest BCUT2D eigenvalue weighted by molar-refractivity contribution is 5.61. The molecule has 0 aliphatic rings. The largest absolute Gasteiger partial charge is 0.303 e. The van der Waals surface area contributed by atoms with Crippen LogP contribution in [0.15, 0.2) is 42.0 Å². The number of aldehydes is 1. The summed E-state index contributed by atoms with van der Waals surface area (Å²) in [6.07, 6.45) is 4.30. The highest BCUT2D eigenvalue weighted by Gasteiger charge is 2.38. The van der Waals surface area contributed by atoms with Crippen molar-refractivity contribution in [2.24, 2.45) is 5.41 Å². The summed E-state index contributed by atoms with van der Waals surface area (Å²) in [4.78, 5) is 22.3. The van der Waals surface area contributed by atoms with Crippen molar-refractivity contribution in [3.63, 3.8) is 0 Å². The first-order valence-corrected chi connectivity index (χ1v) is 7.15. The number of carbonyl (C=O) groups is 1. The maximum Gasteiger partial charge on any atom is 0.211 e. The Morgan fingerprint density at radius 1 is 1.33 bits per heavy atom. The van der Waals surface area contributed by atoms with Gasteiger partial charge in [-0.15, -0.1) is 0 Å². The van der Waals surface area contributed by atoms with E-state index in [2.05, 4.69) is 6.08 Å². The van der Waals surface area contributed by atoms with Crippen LogP contribution in [-0.2, 0) is 4.79 Å². The van der Waals surface area contributed by atoms with Gasteiger partial charge in [0.25, 0.3) is 0 Å². The first kappa shape index (κ1) is 17.1. The number of nitrogens with zero attached hydrogens (tertiary/aromatic N) is 1. The third-order valence-corrected chi connectivity index (χ3v) is 3.83. The van der Waals surface area contributed by atoms with Gasteiger partial charge in [0.05, 0.1) is 5.92 Å². The molecular formula is C17H23NO3. The van der Waals surface area contributed by atoms with E-state index in [9.17, 15) is 14.9 Å². The SMILES string of the molecule is CC(C)=CCC[C@@](C)(C=O)[C@H](C[N+](=O)[O-])c1ccccc1. The van der Waals surface area contributed by atoms with Gasteiger partial charge >= 0.3 is 0 Å². The molecule has 114 valence electrons. The summed E-state index contributed by atoms with van der Waals surface area (Å²) < 4.78 is 0. The Morgan fingerprint density at radius 2 is 1.95 bits per heavy atom. The van der Waals surface area contributed by atoms with Crippen molar-refractivity contribution in [1.82, 2.24) is 0 Å². The average Bonchev–Trinajstić information content (AvgIpc) is 2.45. The van der Waals surface area contributed by atoms with Gasteiger partial charge in [-0.25, -0.2) is 0 Å². The molecular weight excluding hydrogens is 266 g/mol. The van der Waals surface area contributed by atoms with Gasteiger partial charge < -0.3 is 4.79 Å². The Labute approximate surface area is 126 Å². The van der Waals surface area contributed by atoms with Crippen molar-refractivity contribution in [3.05, 3.63) is 57.7 Å². The predicted octanol–water partition coefficient (Wildman–Crippen LogP) is 4.00. The van der Waals surface area contributed by atoms with Crippen LogP contribution in [0, 0.1) is 15.5 Å². The number of rotatable bonds is 8. The summed E-state index contributed by atoms with van der Waals surface area (Å²) in [7, 11) is 0. The molecule has 0 aliphatic heterocycles. The molecule has 0 N–H and O–H groups in total. The number of carbonyl (C=O) groups excluding carboxylic acids is 1. The molecule has 2 atom stereocenters. The molecule has 21 heavy (non-hydrogen) atoms. The monoisotopic (exact) mass is 289 g/mol. The fraction of sp³-hybridized carbons (Fsp3) is 0.471. The first-order chi connectivity index (χ1) is 9.89. The van der Waals surface area contributed by atoms with Crippen molar-refractivity contribution < 1.29 is 9.72 Å². The summed E-state index contributed by atoms with van der Waals surface area (Å²) in [6, 6.07) is 9.29. The van der Waals surface area contributed by atoms with Gasteiger partial charge in [0.1, 0.15) is 6.29 Å². The van der Waals surface area contributed by atoms with Crippen LogP contribution >= 0.6 is 0 Å². The second kappa shape index (κ2) is 7.72. The van der Waals surface area contributed by atoms with E-state index in [1.54, 1.807) is 0 Å². The second-order valence-electron chi connectivity index (χ2n) is 5.92. The summed E-state index contributed by atoms with van der Waals surface area (Å²) in [5.41, 5.74) is 1.30. The molecule has 0 spiro atoms. The van der Waals surface area contributed by atoms with Crippen molar-refractivity contribution in [2.75, 3.05) is 6.54 Å². The smallest absolute Gasteiger partial charge is 0.211 e. The van der Waals surface area contributed by atoms with Gasteiger partial charge in [0.2, 0.25) is 6.54 Å². The van der Waals surface area contributed by atoms with Gasteiger partial charge in [0, 0.05) is 10.3 Å². The standard InChI is InChI=1S/C17H23NO3/c1-14(2)8-7-11-17(3,13-19)16(12-18(20)21)15-9-5-4-6-10-15/h4-6,8-10,13,16H,7,11-12H2,1-3H3/t16-,17+/m1/s1. The van der Waals surface area contributed by atoms with Crippen LogP contribution in [0.25, 0.3) is 0 Å². The lowest BCUT2D eigenvalue weighted by Crippen LogP contribution is -2.32. The van der Waals surface area contributed by atoms with Gasteiger partial charge in [-0.2, -0.15) is 0 Å². The lowest BCUT2D eigenvalue weighted by atomic mass is 9.71. The third kappa shape index (κ3) is 5.14. The van der Waals surface area contributed by atoms with E-state index >= 15 is 0 Å². The molecule has 0 aliphatic carbocycles. The van der Waals surface area contributed by atoms with E-state index in [-0.39, 0.29) is 11.5 Å². The van der Waals surface area contributed by atoms with E-state index < -0.39 is 11.3 Å². The van der Waals surface area contributed by atoms with Crippen LogP contribution in [-0.4, -0.2) is 17.8 Å². The number of hydrogen-bond acceptors (Lipinski definition) is 3. The molecule has 0 saturated heterocycles. The third-order valence-electron chi connectivity index (χ3n) is 3.83. The maximum absolute atomic E-state index is 11.7. The molecule has 0 aromatic heterocycles.